The topological polar surface area (TPSA) is 104 Å². The Morgan fingerprint density at radius 2 is 0.667 bits per heavy atom. The first-order valence-corrected chi connectivity index (χ1v) is 9.66. The molecule has 0 aliphatic carbocycles. The molecule has 4 heteroatoms. The van der Waals surface area contributed by atoms with Gasteiger partial charge in [-0.25, -0.2) is 0 Å². The molecule has 4 nitrogen and oxygen atoms in total. The van der Waals surface area contributed by atoms with Crippen molar-refractivity contribution in [3.8, 4) is 0 Å². The van der Waals surface area contributed by atoms with Crippen LogP contribution in [0, 0.1) is 0 Å². The maximum Gasteiger partial charge on any atom is 0.0178 e. The Kier molecular flexibility index (Phi) is 17.7. The van der Waals surface area contributed by atoms with Gasteiger partial charge in [0, 0.05) is 13.1 Å². The van der Waals surface area contributed by atoms with Gasteiger partial charge in [0.05, 0.1) is 0 Å². The third-order valence-corrected chi connectivity index (χ3v) is 4.15. The second-order valence-electron chi connectivity index (χ2n) is 6.34. The predicted octanol–water partition coefficient (Wildman–Crippen LogP) is 3.41. The summed E-state index contributed by atoms with van der Waals surface area (Å²) in [5, 5.41) is 0. The summed E-state index contributed by atoms with van der Waals surface area (Å²) in [5.41, 5.74) is 24.0. The Morgan fingerprint density at radius 1 is 0.417 bits per heavy atom. The van der Waals surface area contributed by atoms with Crippen LogP contribution in [0.1, 0.15) is 75.3 Å². The summed E-state index contributed by atoms with van der Waals surface area (Å²) in [7, 11) is 0. The molecule has 0 atom stereocenters. The quantitative estimate of drug-likeness (QED) is 0.414. The zero-order chi connectivity index (χ0) is 17.9. The van der Waals surface area contributed by atoms with Crippen LogP contribution in [0.25, 0.3) is 0 Å². The summed E-state index contributed by atoms with van der Waals surface area (Å²) in [5.74, 6) is 0. The molecule has 0 saturated carbocycles. The van der Waals surface area contributed by atoms with Crippen LogP contribution in [0.15, 0.2) is 24.3 Å². The smallest absolute Gasteiger partial charge is 0.0178 e. The Morgan fingerprint density at radius 3 is 0.875 bits per heavy atom. The van der Waals surface area contributed by atoms with Crippen LogP contribution in [0.2, 0.25) is 0 Å². The fourth-order valence-electron chi connectivity index (χ4n) is 2.51. The zero-order valence-electron chi connectivity index (χ0n) is 15.5. The monoisotopic (exact) mass is 336 g/mol. The summed E-state index contributed by atoms with van der Waals surface area (Å²) in [6, 6.07) is 8.01. The molecular formula is C20H40N4. The summed E-state index contributed by atoms with van der Waals surface area (Å²) in [6.45, 7) is 2.92. The number of rotatable bonds is 13. The molecule has 0 heterocycles. The summed E-state index contributed by atoms with van der Waals surface area (Å²) in [6.07, 6.45) is 13.4. The Hall–Kier alpha value is -0.940. The fourth-order valence-corrected chi connectivity index (χ4v) is 2.51. The van der Waals surface area contributed by atoms with Gasteiger partial charge in [-0.1, -0.05) is 75.6 Å². The van der Waals surface area contributed by atoms with Crippen molar-refractivity contribution in [2.24, 2.45) is 22.9 Å². The van der Waals surface area contributed by atoms with Gasteiger partial charge in [-0.15, -0.1) is 0 Å². The van der Waals surface area contributed by atoms with E-state index in [9.17, 15) is 0 Å². The van der Waals surface area contributed by atoms with E-state index >= 15 is 0 Å². The lowest BCUT2D eigenvalue weighted by atomic mass is 10.1. The van der Waals surface area contributed by atoms with Crippen LogP contribution in [0.3, 0.4) is 0 Å². The van der Waals surface area contributed by atoms with Crippen LogP contribution >= 0.6 is 0 Å². The molecule has 8 N–H and O–H groups in total. The van der Waals surface area contributed by atoms with E-state index < -0.39 is 0 Å². The van der Waals surface area contributed by atoms with Crippen molar-refractivity contribution >= 4 is 0 Å². The average Bonchev–Trinajstić information content (AvgIpc) is 2.64. The molecule has 1 rings (SSSR count). The second kappa shape index (κ2) is 18.4. The van der Waals surface area contributed by atoms with Gasteiger partial charge in [-0.2, -0.15) is 0 Å². The normalized spacial score (nSPS) is 10.3. The molecule has 24 heavy (non-hydrogen) atoms. The van der Waals surface area contributed by atoms with E-state index in [4.69, 9.17) is 22.9 Å². The summed E-state index contributed by atoms with van der Waals surface area (Å²) < 4.78 is 0. The SMILES string of the molecule is NCCCCCCCCCCCCN.NCc1ccc(CN)cc1. The van der Waals surface area contributed by atoms with Gasteiger partial charge in [0.1, 0.15) is 0 Å². The van der Waals surface area contributed by atoms with E-state index in [-0.39, 0.29) is 0 Å². The van der Waals surface area contributed by atoms with Gasteiger partial charge in [0.25, 0.3) is 0 Å². The minimum Gasteiger partial charge on any atom is -0.330 e. The van der Waals surface area contributed by atoms with E-state index in [1.54, 1.807) is 0 Å². The van der Waals surface area contributed by atoms with E-state index in [0.717, 1.165) is 24.2 Å². The molecule has 0 aliphatic rings. The molecule has 0 spiro atoms. The zero-order valence-corrected chi connectivity index (χ0v) is 15.5. The standard InChI is InChI=1S/C12H28N2.C8H12N2/c13-11-9-7-5-3-1-2-4-6-8-10-12-14;9-5-7-1-2-8(6-10)4-3-7/h1-14H2;1-4H,5-6,9-10H2. The van der Waals surface area contributed by atoms with E-state index in [2.05, 4.69) is 0 Å². The fraction of sp³-hybridized carbons (Fsp3) is 0.700. The van der Waals surface area contributed by atoms with Gasteiger partial charge in [0.2, 0.25) is 0 Å². The molecule has 0 aliphatic heterocycles. The first kappa shape index (κ1) is 23.1. The van der Waals surface area contributed by atoms with Crippen molar-refractivity contribution < 1.29 is 0 Å². The second-order valence-corrected chi connectivity index (χ2v) is 6.34. The van der Waals surface area contributed by atoms with Gasteiger partial charge >= 0.3 is 0 Å². The highest BCUT2D eigenvalue weighted by Crippen LogP contribution is 2.09. The lowest BCUT2D eigenvalue weighted by molar-refractivity contribution is 0.554. The number of unbranched alkanes of at least 4 members (excludes halogenated alkanes) is 9. The van der Waals surface area contributed by atoms with E-state index in [1.807, 2.05) is 24.3 Å². The molecule has 0 fully saturated rings. The van der Waals surface area contributed by atoms with Gasteiger partial charge < -0.3 is 22.9 Å². The van der Waals surface area contributed by atoms with E-state index in [0.29, 0.717) is 13.1 Å². The number of benzene rings is 1. The van der Waals surface area contributed by atoms with Crippen LogP contribution in [0.5, 0.6) is 0 Å². The van der Waals surface area contributed by atoms with Crippen LogP contribution < -0.4 is 22.9 Å². The van der Waals surface area contributed by atoms with Crippen LogP contribution in [-0.4, -0.2) is 13.1 Å². The largest absolute Gasteiger partial charge is 0.330 e. The summed E-state index contributed by atoms with van der Waals surface area (Å²) in [4.78, 5) is 0. The van der Waals surface area contributed by atoms with Crippen molar-refractivity contribution in [2.75, 3.05) is 13.1 Å². The molecule has 140 valence electrons. The highest BCUT2D eigenvalue weighted by molar-refractivity contribution is 5.21. The van der Waals surface area contributed by atoms with Crippen molar-refractivity contribution in [1.29, 1.82) is 0 Å². The van der Waals surface area contributed by atoms with Gasteiger partial charge in [-0.3, -0.25) is 0 Å². The highest BCUT2D eigenvalue weighted by Gasteiger charge is 1.92. The van der Waals surface area contributed by atoms with Crippen molar-refractivity contribution in [3.63, 3.8) is 0 Å². The number of nitrogens with two attached hydrogens (primary N) is 4. The molecule has 0 saturated heterocycles. The lowest BCUT2D eigenvalue weighted by Gasteiger charge is -2.01. The molecule has 0 bridgehead atoms. The van der Waals surface area contributed by atoms with Gasteiger partial charge in [-0.05, 0) is 37.1 Å². The molecular weight excluding hydrogens is 296 g/mol. The minimum absolute atomic E-state index is 0.602. The van der Waals surface area contributed by atoms with Crippen LogP contribution in [-0.2, 0) is 13.1 Å². The molecule has 0 radical (unpaired) electrons. The van der Waals surface area contributed by atoms with Gasteiger partial charge in [0.15, 0.2) is 0 Å². The minimum atomic E-state index is 0.602. The van der Waals surface area contributed by atoms with E-state index in [1.165, 1.54) is 64.2 Å². The lowest BCUT2D eigenvalue weighted by Crippen LogP contribution is -1.98. The van der Waals surface area contributed by atoms with Crippen LogP contribution in [0.4, 0.5) is 0 Å². The van der Waals surface area contributed by atoms with Crippen molar-refractivity contribution in [3.05, 3.63) is 35.4 Å². The third-order valence-electron chi connectivity index (χ3n) is 4.15. The number of hydrogen-bond donors (Lipinski definition) is 4. The Bertz CT molecular complexity index is 316. The first-order chi connectivity index (χ1) is 11.8. The molecule has 0 aromatic heterocycles. The molecule has 0 unspecified atom stereocenters. The first-order valence-electron chi connectivity index (χ1n) is 9.66. The third kappa shape index (κ3) is 14.6. The average molecular weight is 337 g/mol. The molecule has 1 aromatic rings. The predicted molar refractivity (Wildman–Crippen MR) is 107 cm³/mol. The van der Waals surface area contributed by atoms with Crippen molar-refractivity contribution in [2.45, 2.75) is 77.3 Å². The number of hydrogen-bond acceptors (Lipinski definition) is 4. The van der Waals surface area contributed by atoms with Crippen molar-refractivity contribution in [1.82, 2.24) is 0 Å². The molecule has 0 amide bonds. The Balaban J connectivity index is 0.000000463. The highest BCUT2D eigenvalue weighted by atomic mass is 14.5. The molecule has 1 aromatic carbocycles. The summed E-state index contributed by atoms with van der Waals surface area (Å²) >= 11 is 0. The maximum absolute atomic E-state index is 5.43. The Labute approximate surface area is 149 Å². The maximum atomic E-state index is 5.43.